The predicted molar refractivity (Wildman–Crippen MR) is 56.5 cm³/mol. The van der Waals surface area contributed by atoms with Gasteiger partial charge in [0.1, 0.15) is 0 Å². The normalized spacial score (nSPS) is 9.71. The molecule has 14 heavy (non-hydrogen) atoms. The molecule has 67 valence electrons. The van der Waals surface area contributed by atoms with E-state index in [4.69, 9.17) is 0 Å². The average molecular weight is 183 g/mol. The van der Waals surface area contributed by atoms with E-state index in [0.29, 0.717) is 6.47 Å². The van der Waals surface area contributed by atoms with Crippen molar-refractivity contribution in [2.24, 2.45) is 0 Å². The molecule has 2 aromatic carbocycles. The minimum Gasteiger partial charge on any atom is -0.535 e. The molecule has 0 heterocycles. The van der Waals surface area contributed by atoms with Gasteiger partial charge in [-0.05, 0) is 16.2 Å². The summed E-state index contributed by atoms with van der Waals surface area (Å²) in [6, 6.07) is 13.9. The number of rotatable bonds is 3. The van der Waals surface area contributed by atoms with Gasteiger partial charge in [0.05, 0.1) is 0 Å². The van der Waals surface area contributed by atoms with Crippen LogP contribution in [-0.4, -0.2) is 14.0 Å². The zero-order chi connectivity index (χ0) is 9.80. The maximum atomic E-state index is 9.99. The van der Waals surface area contributed by atoms with Crippen molar-refractivity contribution in [2.45, 2.75) is 0 Å². The second-order valence-electron chi connectivity index (χ2n) is 2.96. The van der Waals surface area contributed by atoms with E-state index in [9.17, 15) is 4.79 Å². The monoisotopic (exact) mass is 183 g/mol. The fourth-order valence-electron chi connectivity index (χ4n) is 1.39. The summed E-state index contributed by atoms with van der Waals surface area (Å²) < 4.78 is 4.56. The molecule has 0 aliphatic heterocycles. The van der Waals surface area contributed by atoms with Crippen molar-refractivity contribution in [3.63, 3.8) is 0 Å². The van der Waals surface area contributed by atoms with Gasteiger partial charge in [-0.1, -0.05) is 42.5 Å². The Hall–Kier alpha value is -1.77. The Balaban J connectivity index is 2.36. The van der Waals surface area contributed by atoms with Gasteiger partial charge < -0.3 is 4.65 Å². The van der Waals surface area contributed by atoms with Gasteiger partial charge in [0.25, 0.3) is 6.47 Å². The van der Waals surface area contributed by atoms with Gasteiger partial charge in [-0.15, -0.1) is 0 Å². The molecule has 0 N–H and O–H groups in total. The van der Waals surface area contributed by atoms with E-state index in [-0.39, 0.29) is 0 Å². The summed E-state index contributed by atoms with van der Waals surface area (Å²) in [5, 5.41) is 2.31. The molecule has 2 nitrogen and oxygen atoms in total. The van der Waals surface area contributed by atoms with Crippen molar-refractivity contribution >= 4 is 30.2 Å². The lowest BCUT2D eigenvalue weighted by molar-refractivity contribution is -0.120. The Morgan fingerprint density at radius 3 is 2.64 bits per heavy atom. The lowest BCUT2D eigenvalue weighted by Gasteiger charge is -2.00. The van der Waals surface area contributed by atoms with Gasteiger partial charge in [-0.3, -0.25) is 4.79 Å². The number of hydrogen-bond donors (Lipinski definition) is 0. The molecular formula is C11H8BO2. The summed E-state index contributed by atoms with van der Waals surface area (Å²) in [4.78, 5) is 9.99. The summed E-state index contributed by atoms with van der Waals surface area (Å²) in [6.45, 7) is 0.412. The van der Waals surface area contributed by atoms with Gasteiger partial charge in [-0.2, -0.15) is 0 Å². The van der Waals surface area contributed by atoms with Crippen LogP contribution in [0.2, 0.25) is 0 Å². The molecule has 2 rings (SSSR count). The minimum atomic E-state index is 0.412. The number of hydrogen-bond acceptors (Lipinski definition) is 2. The first kappa shape index (κ1) is 8.82. The van der Waals surface area contributed by atoms with Crippen molar-refractivity contribution in [3.05, 3.63) is 42.5 Å². The predicted octanol–water partition coefficient (Wildman–Crippen LogP) is 1.26. The molecule has 0 saturated heterocycles. The first-order chi connectivity index (χ1) is 6.90. The third-order valence-electron chi connectivity index (χ3n) is 2.03. The van der Waals surface area contributed by atoms with E-state index in [1.165, 1.54) is 12.9 Å². The van der Waals surface area contributed by atoms with Crippen molar-refractivity contribution in [1.29, 1.82) is 0 Å². The highest BCUT2D eigenvalue weighted by molar-refractivity contribution is 6.48. The van der Waals surface area contributed by atoms with Crippen LogP contribution in [0.4, 0.5) is 0 Å². The first-order valence-electron chi connectivity index (χ1n) is 4.31. The molecule has 0 aliphatic carbocycles. The highest BCUT2D eigenvalue weighted by Crippen LogP contribution is 2.10. The van der Waals surface area contributed by atoms with Crippen molar-refractivity contribution < 1.29 is 9.45 Å². The Kier molecular flexibility index (Phi) is 2.50. The van der Waals surface area contributed by atoms with Gasteiger partial charge in [0.15, 0.2) is 0 Å². The standard InChI is InChI=1S/C11H8BO2/c13-8-14-12-11-6-5-9-3-1-2-4-10(9)7-11/h1-8H. The maximum Gasteiger partial charge on any atom is 0.412 e. The third-order valence-corrected chi connectivity index (χ3v) is 2.03. The second kappa shape index (κ2) is 3.96. The Morgan fingerprint density at radius 1 is 1.07 bits per heavy atom. The largest absolute Gasteiger partial charge is 0.535 e. The SMILES string of the molecule is O=CO[B]c1ccc2ccccc2c1. The molecule has 2 aromatic rings. The summed E-state index contributed by atoms with van der Waals surface area (Å²) in [5.74, 6) is 0. The van der Waals surface area contributed by atoms with E-state index in [0.717, 1.165) is 10.8 Å². The number of benzene rings is 2. The van der Waals surface area contributed by atoms with Gasteiger partial charge in [0.2, 0.25) is 0 Å². The van der Waals surface area contributed by atoms with Crippen molar-refractivity contribution in [3.8, 4) is 0 Å². The van der Waals surface area contributed by atoms with Crippen LogP contribution in [0.3, 0.4) is 0 Å². The van der Waals surface area contributed by atoms with Gasteiger partial charge in [0, 0.05) is 0 Å². The van der Waals surface area contributed by atoms with Crippen LogP contribution >= 0.6 is 0 Å². The molecule has 0 aromatic heterocycles. The van der Waals surface area contributed by atoms with Crippen LogP contribution in [0.1, 0.15) is 0 Å². The van der Waals surface area contributed by atoms with Crippen LogP contribution in [0.15, 0.2) is 42.5 Å². The average Bonchev–Trinajstić information content (AvgIpc) is 2.26. The highest BCUT2D eigenvalue weighted by Gasteiger charge is 1.99. The Morgan fingerprint density at radius 2 is 1.86 bits per heavy atom. The molecule has 0 spiro atoms. The quantitative estimate of drug-likeness (QED) is 0.528. The van der Waals surface area contributed by atoms with E-state index in [1.807, 2.05) is 42.5 Å². The van der Waals surface area contributed by atoms with Crippen LogP contribution in [0.25, 0.3) is 10.8 Å². The number of fused-ring (bicyclic) bond motifs is 1. The third kappa shape index (κ3) is 1.77. The first-order valence-corrected chi connectivity index (χ1v) is 4.31. The van der Waals surface area contributed by atoms with Crippen molar-refractivity contribution in [2.75, 3.05) is 0 Å². The smallest absolute Gasteiger partial charge is 0.412 e. The molecular weight excluding hydrogens is 175 g/mol. The number of carbonyl (C=O) groups excluding carboxylic acids is 1. The zero-order valence-corrected chi connectivity index (χ0v) is 7.51. The summed E-state index contributed by atoms with van der Waals surface area (Å²) in [7, 11) is 1.43. The molecule has 0 aliphatic rings. The summed E-state index contributed by atoms with van der Waals surface area (Å²) >= 11 is 0. The molecule has 0 bridgehead atoms. The molecule has 0 amide bonds. The second-order valence-corrected chi connectivity index (χ2v) is 2.96. The highest BCUT2D eigenvalue weighted by atomic mass is 16.5. The molecule has 1 radical (unpaired) electrons. The van der Waals surface area contributed by atoms with Crippen LogP contribution in [-0.2, 0) is 9.45 Å². The summed E-state index contributed by atoms with van der Waals surface area (Å²) in [5.41, 5.74) is 0.885. The molecule has 0 fully saturated rings. The zero-order valence-electron chi connectivity index (χ0n) is 7.51. The van der Waals surface area contributed by atoms with Crippen LogP contribution in [0.5, 0.6) is 0 Å². The molecule has 0 atom stereocenters. The fourth-order valence-corrected chi connectivity index (χ4v) is 1.39. The van der Waals surface area contributed by atoms with E-state index < -0.39 is 0 Å². The van der Waals surface area contributed by atoms with Crippen LogP contribution in [0, 0.1) is 0 Å². The lowest BCUT2D eigenvalue weighted by atomic mass is 9.87. The van der Waals surface area contributed by atoms with E-state index in [2.05, 4.69) is 4.65 Å². The minimum absolute atomic E-state index is 0.412. The Bertz CT molecular complexity index is 454. The molecule has 0 saturated carbocycles. The van der Waals surface area contributed by atoms with Crippen molar-refractivity contribution in [1.82, 2.24) is 0 Å². The van der Waals surface area contributed by atoms with Gasteiger partial charge >= 0.3 is 7.48 Å². The van der Waals surface area contributed by atoms with E-state index >= 15 is 0 Å². The summed E-state index contributed by atoms with van der Waals surface area (Å²) in [6.07, 6.45) is 0. The lowest BCUT2D eigenvalue weighted by Crippen LogP contribution is -2.16. The van der Waals surface area contributed by atoms with Crippen LogP contribution < -0.4 is 5.46 Å². The van der Waals surface area contributed by atoms with Gasteiger partial charge in [-0.25, -0.2) is 0 Å². The molecule has 3 heteroatoms. The van der Waals surface area contributed by atoms with E-state index in [1.54, 1.807) is 0 Å². The number of carbonyl (C=O) groups is 1. The fraction of sp³-hybridized carbons (Fsp3) is 0. The Labute approximate surface area is 82.8 Å². The molecule has 0 unspecified atom stereocenters. The maximum absolute atomic E-state index is 9.99. The topological polar surface area (TPSA) is 26.3 Å².